The van der Waals surface area contributed by atoms with Crippen molar-refractivity contribution in [1.82, 2.24) is 0 Å². The van der Waals surface area contributed by atoms with Crippen LogP contribution >= 0.6 is 43.2 Å². The summed E-state index contributed by atoms with van der Waals surface area (Å²) in [5, 5.41) is 0. The second-order valence-corrected chi connectivity index (χ2v) is 7.04. The molecule has 0 N–H and O–H groups in total. The molecular formula is C12H9Br2FS. The molecule has 1 heterocycles. The molecule has 0 saturated carbocycles. The lowest BCUT2D eigenvalue weighted by Gasteiger charge is -2.07. The maximum Gasteiger partial charge on any atom is 0.123 e. The summed E-state index contributed by atoms with van der Waals surface area (Å²) in [4.78, 5) is 1.56. The van der Waals surface area contributed by atoms with Crippen molar-refractivity contribution >= 4 is 43.2 Å². The molecule has 0 spiro atoms. The van der Waals surface area contributed by atoms with Crippen molar-refractivity contribution in [2.75, 3.05) is 0 Å². The second kappa shape index (κ2) is 5.43. The number of benzene rings is 1. The third-order valence-electron chi connectivity index (χ3n) is 2.23. The number of alkyl halides is 1. The number of thiophene rings is 1. The SMILES string of the molecule is Fc1ccc(CC(Br)c2ccc(Br)s2)cc1. The van der Waals surface area contributed by atoms with Crippen molar-refractivity contribution in [1.29, 1.82) is 0 Å². The standard InChI is InChI=1S/C12H9Br2FS/c13-10(11-5-6-12(14)16-11)7-8-1-3-9(15)4-2-8/h1-6,10H,7H2. The molecular weight excluding hydrogens is 355 g/mol. The Morgan fingerprint density at radius 1 is 1.12 bits per heavy atom. The van der Waals surface area contributed by atoms with Crippen LogP contribution in [0.1, 0.15) is 15.3 Å². The van der Waals surface area contributed by atoms with Crippen LogP contribution in [-0.4, -0.2) is 0 Å². The van der Waals surface area contributed by atoms with E-state index in [-0.39, 0.29) is 10.6 Å². The Morgan fingerprint density at radius 2 is 1.81 bits per heavy atom. The Kier molecular flexibility index (Phi) is 4.16. The fourth-order valence-corrected chi connectivity index (χ4v) is 3.63. The van der Waals surface area contributed by atoms with Crippen LogP contribution in [0, 0.1) is 5.82 Å². The molecule has 0 nitrogen and oxygen atoms in total. The van der Waals surface area contributed by atoms with Crippen molar-refractivity contribution in [3.63, 3.8) is 0 Å². The molecule has 0 aliphatic rings. The van der Waals surface area contributed by atoms with E-state index in [4.69, 9.17) is 0 Å². The first-order valence-electron chi connectivity index (χ1n) is 4.79. The fourth-order valence-electron chi connectivity index (χ4n) is 1.42. The van der Waals surface area contributed by atoms with E-state index in [1.54, 1.807) is 11.3 Å². The second-order valence-electron chi connectivity index (χ2n) is 3.44. The van der Waals surface area contributed by atoms with E-state index < -0.39 is 0 Å². The molecule has 0 amide bonds. The quantitative estimate of drug-likeness (QED) is 0.646. The maximum atomic E-state index is 12.7. The van der Waals surface area contributed by atoms with E-state index in [0.29, 0.717) is 0 Å². The molecule has 0 radical (unpaired) electrons. The summed E-state index contributed by atoms with van der Waals surface area (Å²) < 4.78 is 13.9. The van der Waals surface area contributed by atoms with Crippen molar-refractivity contribution in [2.45, 2.75) is 11.2 Å². The average molecular weight is 364 g/mol. The molecule has 0 bridgehead atoms. The summed E-state index contributed by atoms with van der Waals surface area (Å²) in [7, 11) is 0. The van der Waals surface area contributed by atoms with Crippen molar-refractivity contribution in [2.24, 2.45) is 0 Å². The molecule has 1 aromatic heterocycles. The van der Waals surface area contributed by atoms with Gasteiger partial charge in [0.1, 0.15) is 5.82 Å². The highest BCUT2D eigenvalue weighted by Gasteiger charge is 2.10. The minimum Gasteiger partial charge on any atom is -0.207 e. The highest BCUT2D eigenvalue weighted by Crippen LogP contribution is 2.34. The summed E-state index contributed by atoms with van der Waals surface area (Å²) >= 11 is 8.81. The lowest BCUT2D eigenvalue weighted by atomic mass is 10.1. The molecule has 0 aliphatic heterocycles. The van der Waals surface area contributed by atoms with E-state index in [1.807, 2.05) is 18.2 Å². The van der Waals surface area contributed by atoms with Gasteiger partial charge in [0, 0.05) is 4.88 Å². The molecule has 0 saturated heterocycles. The van der Waals surface area contributed by atoms with E-state index in [1.165, 1.54) is 17.0 Å². The minimum atomic E-state index is -0.186. The van der Waals surface area contributed by atoms with E-state index in [2.05, 4.69) is 37.9 Å². The van der Waals surface area contributed by atoms with Crippen molar-refractivity contribution < 1.29 is 4.39 Å². The van der Waals surface area contributed by atoms with Crippen LogP contribution in [0.5, 0.6) is 0 Å². The van der Waals surface area contributed by atoms with Crippen LogP contribution < -0.4 is 0 Å². The van der Waals surface area contributed by atoms with E-state index in [9.17, 15) is 4.39 Å². The van der Waals surface area contributed by atoms with Gasteiger partial charge in [-0.3, -0.25) is 0 Å². The lowest BCUT2D eigenvalue weighted by molar-refractivity contribution is 0.627. The lowest BCUT2D eigenvalue weighted by Crippen LogP contribution is -1.92. The molecule has 1 unspecified atom stereocenters. The Labute approximate surface area is 115 Å². The third kappa shape index (κ3) is 3.15. The van der Waals surface area contributed by atoms with Gasteiger partial charge in [-0.2, -0.15) is 0 Å². The zero-order chi connectivity index (χ0) is 11.5. The van der Waals surface area contributed by atoms with Gasteiger partial charge in [0.25, 0.3) is 0 Å². The monoisotopic (exact) mass is 362 g/mol. The van der Waals surface area contributed by atoms with Crippen LogP contribution in [0.2, 0.25) is 0 Å². The predicted octanol–water partition coefficient (Wildman–Crippen LogP) is 5.33. The van der Waals surface area contributed by atoms with Gasteiger partial charge >= 0.3 is 0 Å². The summed E-state index contributed by atoms with van der Waals surface area (Å²) in [6.07, 6.45) is 0.868. The van der Waals surface area contributed by atoms with E-state index >= 15 is 0 Å². The van der Waals surface area contributed by atoms with Crippen LogP contribution in [0.15, 0.2) is 40.2 Å². The average Bonchev–Trinajstić information content (AvgIpc) is 2.68. The maximum absolute atomic E-state index is 12.7. The minimum absolute atomic E-state index is 0.186. The largest absolute Gasteiger partial charge is 0.207 e. The first kappa shape index (κ1) is 12.3. The van der Waals surface area contributed by atoms with Gasteiger partial charge in [-0.15, -0.1) is 11.3 Å². The smallest absolute Gasteiger partial charge is 0.123 e. The zero-order valence-electron chi connectivity index (χ0n) is 8.29. The van der Waals surface area contributed by atoms with Crippen molar-refractivity contribution in [3.8, 4) is 0 Å². The van der Waals surface area contributed by atoms with Gasteiger partial charge in [0.15, 0.2) is 0 Å². The molecule has 1 aromatic carbocycles. The predicted molar refractivity (Wildman–Crippen MR) is 73.8 cm³/mol. The summed E-state index contributed by atoms with van der Waals surface area (Å²) in [5.41, 5.74) is 1.13. The molecule has 0 aliphatic carbocycles. The molecule has 1 atom stereocenters. The van der Waals surface area contributed by atoms with Gasteiger partial charge in [-0.05, 0) is 52.2 Å². The first-order valence-corrected chi connectivity index (χ1v) is 7.31. The molecule has 4 heteroatoms. The molecule has 2 aromatic rings. The topological polar surface area (TPSA) is 0 Å². The van der Waals surface area contributed by atoms with Gasteiger partial charge in [-0.1, -0.05) is 28.1 Å². The normalized spacial score (nSPS) is 12.7. The van der Waals surface area contributed by atoms with Crippen LogP contribution in [-0.2, 0) is 6.42 Å². The summed E-state index contributed by atoms with van der Waals surface area (Å²) in [6, 6.07) is 10.8. The highest BCUT2D eigenvalue weighted by molar-refractivity contribution is 9.11. The third-order valence-corrected chi connectivity index (χ3v) is 5.09. The molecule has 84 valence electrons. The fraction of sp³-hybridized carbons (Fsp3) is 0.167. The van der Waals surface area contributed by atoms with Gasteiger partial charge in [0.05, 0.1) is 8.61 Å². The Balaban J connectivity index is 2.07. The van der Waals surface area contributed by atoms with Crippen LogP contribution in [0.3, 0.4) is 0 Å². The number of hydrogen-bond acceptors (Lipinski definition) is 1. The van der Waals surface area contributed by atoms with Crippen molar-refractivity contribution in [3.05, 3.63) is 56.4 Å². The summed E-state index contributed by atoms with van der Waals surface area (Å²) in [6.45, 7) is 0. The zero-order valence-corrected chi connectivity index (χ0v) is 12.3. The van der Waals surface area contributed by atoms with Gasteiger partial charge in [0.2, 0.25) is 0 Å². The molecule has 0 fully saturated rings. The van der Waals surface area contributed by atoms with Crippen LogP contribution in [0.25, 0.3) is 0 Å². The molecule has 2 rings (SSSR count). The number of hydrogen-bond donors (Lipinski definition) is 0. The Morgan fingerprint density at radius 3 is 2.38 bits per heavy atom. The molecule has 16 heavy (non-hydrogen) atoms. The number of halogens is 3. The summed E-state index contributed by atoms with van der Waals surface area (Å²) in [5.74, 6) is -0.186. The number of rotatable bonds is 3. The van der Waals surface area contributed by atoms with Gasteiger partial charge < -0.3 is 0 Å². The highest BCUT2D eigenvalue weighted by atomic mass is 79.9. The van der Waals surface area contributed by atoms with Crippen LogP contribution in [0.4, 0.5) is 4.39 Å². The Bertz CT molecular complexity index is 464. The van der Waals surface area contributed by atoms with E-state index in [0.717, 1.165) is 15.8 Å². The first-order chi connectivity index (χ1) is 7.65. The van der Waals surface area contributed by atoms with Gasteiger partial charge in [-0.25, -0.2) is 4.39 Å². The Hall–Kier alpha value is -0.190.